The van der Waals surface area contributed by atoms with Gasteiger partial charge in [0.2, 0.25) is 0 Å². The monoisotopic (exact) mass is 678 g/mol. The Bertz CT molecular complexity index is 1140. The van der Waals surface area contributed by atoms with Gasteiger partial charge in [-0.15, -0.1) is 0 Å². The van der Waals surface area contributed by atoms with Gasteiger partial charge in [0.25, 0.3) is 0 Å². The van der Waals surface area contributed by atoms with E-state index < -0.39 is 116 Å². The Kier molecular flexibility index (Phi) is 15.4. The number of esters is 7. The minimum atomic E-state index is -1.63. The van der Waals surface area contributed by atoms with Gasteiger partial charge in [0, 0.05) is 55.1 Å². The predicted octanol–water partition coefficient (Wildman–Crippen LogP) is -0.721. The molecule has 0 spiro atoms. The lowest BCUT2D eigenvalue weighted by atomic mass is 9.78. The van der Waals surface area contributed by atoms with Crippen LogP contribution in [0.25, 0.3) is 0 Å². The smallest absolute Gasteiger partial charge is 0.303 e. The van der Waals surface area contributed by atoms with E-state index in [1.165, 1.54) is 0 Å². The van der Waals surface area contributed by atoms with Crippen LogP contribution in [0.4, 0.5) is 0 Å². The van der Waals surface area contributed by atoms with Crippen molar-refractivity contribution in [2.45, 2.75) is 110 Å². The SMILES string of the molecule is CC(=O)OCC1O[C@@H](OCCCO)[C@H](OC(C)=O)[C@@H](OC(C)=O)C1[C@H]1OC(COC(C)=O)[C@@H](OC(C)=O)[C@H](OC(C)=O)[C@H]1OC(C)=O. The van der Waals surface area contributed by atoms with E-state index in [1.54, 1.807) is 0 Å². The van der Waals surface area contributed by atoms with Crippen molar-refractivity contribution < 1.29 is 86.0 Å². The zero-order valence-electron chi connectivity index (χ0n) is 27.2. The number of hydrogen-bond acceptors (Lipinski definition) is 18. The Morgan fingerprint density at radius 3 is 1.47 bits per heavy atom. The lowest BCUT2D eigenvalue weighted by Gasteiger charge is -2.52. The van der Waals surface area contributed by atoms with Crippen molar-refractivity contribution in [3.63, 3.8) is 0 Å². The Hall–Kier alpha value is -3.87. The maximum Gasteiger partial charge on any atom is 0.303 e. The summed E-state index contributed by atoms with van der Waals surface area (Å²) in [6.07, 6.45) is -13.3. The van der Waals surface area contributed by atoms with Crippen molar-refractivity contribution in [3.05, 3.63) is 0 Å². The fraction of sp³-hybridized carbons (Fsp3) is 0.759. The highest BCUT2D eigenvalue weighted by molar-refractivity contribution is 5.69. The van der Waals surface area contributed by atoms with Crippen LogP contribution in [0.1, 0.15) is 54.9 Å². The second-order valence-electron chi connectivity index (χ2n) is 10.7. The van der Waals surface area contributed by atoms with Gasteiger partial charge in [-0.25, -0.2) is 0 Å². The number of carbonyl (C=O) groups is 7. The molecule has 0 aromatic heterocycles. The summed E-state index contributed by atoms with van der Waals surface area (Å²) >= 11 is 0. The highest BCUT2D eigenvalue weighted by atomic mass is 16.7. The number of carbonyl (C=O) groups excluding carboxylic acids is 7. The van der Waals surface area contributed by atoms with E-state index in [-0.39, 0.29) is 19.6 Å². The third-order valence-electron chi connectivity index (χ3n) is 6.76. The van der Waals surface area contributed by atoms with Gasteiger partial charge in [0.05, 0.1) is 12.5 Å². The summed E-state index contributed by atoms with van der Waals surface area (Å²) in [6, 6.07) is 0. The largest absolute Gasteiger partial charge is 0.463 e. The van der Waals surface area contributed by atoms with Gasteiger partial charge in [0.1, 0.15) is 31.5 Å². The molecule has 266 valence electrons. The predicted molar refractivity (Wildman–Crippen MR) is 150 cm³/mol. The van der Waals surface area contributed by atoms with Crippen LogP contribution in [-0.2, 0) is 80.9 Å². The van der Waals surface area contributed by atoms with Crippen LogP contribution in [-0.4, -0.2) is 128 Å². The van der Waals surface area contributed by atoms with Gasteiger partial charge in [-0.2, -0.15) is 0 Å². The van der Waals surface area contributed by atoms with Crippen molar-refractivity contribution in [1.29, 1.82) is 0 Å². The van der Waals surface area contributed by atoms with Crippen molar-refractivity contribution in [1.82, 2.24) is 0 Å². The fourth-order valence-corrected chi connectivity index (χ4v) is 5.30. The quantitative estimate of drug-likeness (QED) is 0.136. The van der Waals surface area contributed by atoms with Gasteiger partial charge in [-0.05, 0) is 6.42 Å². The minimum absolute atomic E-state index is 0.101. The third kappa shape index (κ3) is 12.0. The number of hydrogen-bond donors (Lipinski definition) is 1. The molecule has 0 saturated carbocycles. The molecule has 0 amide bonds. The molecule has 1 N–H and O–H groups in total. The molecule has 47 heavy (non-hydrogen) atoms. The van der Waals surface area contributed by atoms with Gasteiger partial charge in [-0.3, -0.25) is 33.6 Å². The summed E-state index contributed by atoms with van der Waals surface area (Å²) in [6.45, 7) is 6.04. The highest BCUT2D eigenvalue weighted by Gasteiger charge is 2.61. The number of aliphatic hydroxyl groups excluding tert-OH is 1. The highest BCUT2D eigenvalue weighted by Crippen LogP contribution is 2.41. The number of rotatable bonds is 14. The molecule has 2 saturated heterocycles. The number of ether oxygens (including phenoxy) is 10. The summed E-state index contributed by atoms with van der Waals surface area (Å²) < 4.78 is 56.3. The Labute approximate surface area is 270 Å². The van der Waals surface area contributed by atoms with E-state index in [2.05, 4.69) is 0 Å². The Morgan fingerprint density at radius 2 is 0.979 bits per heavy atom. The van der Waals surface area contributed by atoms with Crippen LogP contribution in [0.5, 0.6) is 0 Å². The number of aliphatic hydroxyl groups is 1. The van der Waals surface area contributed by atoms with Crippen molar-refractivity contribution in [2.75, 3.05) is 26.4 Å². The van der Waals surface area contributed by atoms with Crippen LogP contribution >= 0.6 is 0 Å². The molecule has 2 rings (SSSR count). The maximum atomic E-state index is 12.5. The molecule has 2 aliphatic rings. The summed E-state index contributed by atoms with van der Waals surface area (Å²) in [7, 11) is 0. The van der Waals surface area contributed by atoms with E-state index in [1.807, 2.05) is 0 Å². The second kappa shape index (κ2) is 18.5. The molecule has 3 unspecified atom stereocenters. The van der Waals surface area contributed by atoms with Crippen LogP contribution in [0.15, 0.2) is 0 Å². The lowest BCUT2D eigenvalue weighted by Crippen LogP contribution is -2.70. The van der Waals surface area contributed by atoms with Crippen molar-refractivity contribution >= 4 is 41.8 Å². The molecular formula is C29H42O18. The molecule has 0 aromatic carbocycles. The first-order chi connectivity index (χ1) is 22.0. The van der Waals surface area contributed by atoms with E-state index in [0.717, 1.165) is 48.5 Å². The summed E-state index contributed by atoms with van der Waals surface area (Å²) in [4.78, 5) is 85.5. The van der Waals surface area contributed by atoms with Gasteiger partial charge in [0.15, 0.2) is 36.8 Å². The summed E-state index contributed by atoms with van der Waals surface area (Å²) in [5.74, 6) is -7.22. The Balaban J connectivity index is 2.84. The minimum Gasteiger partial charge on any atom is -0.463 e. The third-order valence-corrected chi connectivity index (χ3v) is 6.76. The molecule has 2 heterocycles. The molecule has 0 radical (unpaired) electrons. The zero-order valence-corrected chi connectivity index (χ0v) is 27.2. The molecule has 18 heteroatoms. The van der Waals surface area contributed by atoms with Crippen LogP contribution < -0.4 is 0 Å². The van der Waals surface area contributed by atoms with E-state index in [4.69, 9.17) is 47.4 Å². The molecule has 2 aliphatic heterocycles. The van der Waals surface area contributed by atoms with Gasteiger partial charge in [-0.1, -0.05) is 0 Å². The second-order valence-corrected chi connectivity index (χ2v) is 10.7. The molecule has 0 bridgehead atoms. The molecule has 0 aromatic rings. The molecule has 2 fully saturated rings. The fourth-order valence-electron chi connectivity index (χ4n) is 5.30. The molecular weight excluding hydrogens is 636 g/mol. The van der Waals surface area contributed by atoms with E-state index >= 15 is 0 Å². The first-order valence-corrected chi connectivity index (χ1v) is 14.7. The van der Waals surface area contributed by atoms with Crippen molar-refractivity contribution in [3.8, 4) is 0 Å². The van der Waals surface area contributed by atoms with E-state index in [0.29, 0.717) is 0 Å². The molecule has 10 atom stereocenters. The first-order valence-electron chi connectivity index (χ1n) is 14.7. The van der Waals surface area contributed by atoms with Gasteiger partial charge >= 0.3 is 41.8 Å². The Morgan fingerprint density at radius 1 is 0.532 bits per heavy atom. The average Bonchev–Trinajstić information content (AvgIpc) is 2.93. The lowest BCUT2D eigenvalue weighted by molar-refractivity contribution is -0.328. The molecule has 18 nitrogen and oxygen atoms in total. The summed E-state index contributed by atoms with van der Waals surface area (Å²) in [5.41, 5.74) is 0. The van der Waals surface area contributed by atoms with E-state index in [9.17, 15) is 38.7 Å². The average molecular weight is 679 g/mol. The van der Waals surface area contributed by atoms with Gasteiger partial charge < -0.3 is 52.5 Å². The topological polar surface area (TPSA) is 232 Å². The van der Waals surface area contributed by atoms with Crippen molar-refractivity contribution in [2.24, 2.45) is 5.92 Å². The van der Waals surface area contributed by atoms with Crippen LogP contribution in [0.2, 0.25) is 0 Å². The molecule has 0 aliphatic carbocycles. The first kappa shape index (κ1) is 39.3. The zero-order chi connectivity index (χ0) is 35.4. The standard InChI is InChI=1S/C29H42O18/c1-13(31)39-11-20-22(25(42-16(4)34)28(45-19(7)37)29(47-20)38-10-8-9-30)24-27(44-18(6)36)26(43-17(5)35)23(41-15(3)33)21(46-24)12-40-14(2)32/h20-30H,8-12H2,1-7H3/t20?,21?,22?,23-,24-,25+,26+,27+,28-,29-/m1/s1. The maximum absolute atomic E-state index is 12.5. The van der Waals surface area contributed by atoms with Crippen LogP contribution in [0.3, 0.4) is 0 Å². The summed E-state index contributed by atoms with van der Waals surface area (Å²) in [5, 5.41) is 9.27. The normalized spacial score (nSPS) is 30.2. The van der Waals surface area contributed by atoms with Crippen LogP contribution in [0, 0.1) is 5.92 Å².